The molecule has 2 aromatic carbocycles. The molecular weight excluding hydrogens is 514 g/mol. The highest BCUT2D eigenvalue weighted by molar-refractivity contribution is 5.78. The topological polar surface area (TPSA) is 104 Å². The summed E-state index contributed by atoms with van der Waals surface area (Å²) < 4.78 is 0. The lowest BCUT2D eigenvalue weighted by Gasteiger charge is -2.22. The Hall–Kier alpha value is -3.15. The maximum absolute atomic E-state index is 12.0. The van der Waals surface area contributed by atoms with Crippen molar-refractivity contribution in [2.75, 3.05) is 6.54 Å². The van der Waals surface area contributed by atoms with Gasteiger partial charge in [-0.3, -0.25) is 14.4 Å². The Morgan fingerprint density at radius 3 is 1.34 bits per heavy atom. The van der Waals surface area contributed by atoms with Gasteiger partial charge < -0.3 is 15.5 Å². The number of carboxylic acid groups (broad SMARTS) is 2. The summed E-state index contributed by atoms with van der Waals surface area (Å²) in [6.07, 6.45) is 5.91. The van der Waals surface area contributed by atoms with Crippen LogP contribution >= 0.6 is 0 Å². The number of rotatable bonds is 17. The maximum Gasteiger partial charge on any atom is 0.306 e. The van der Waals surface area contributed by atoms with E-state index in [1.165, 1.54) is 11.1 Å². The van der Waals surface area contributed by atoms with Crippen LogP contribution in [0.15, 0.2) is 60.7 Å². The van der Waals surface area contributed by atoms with Crippen molar-refractivity contribution in [1.82, 2.24) is 5.32 Å². The normalized spacial score (nSPS) is 14.2. The molecule has 2 rings (SSSR count). The van der Waals surface area contributed by atoms with Gasteiger partial charge in [0.15, 0.2) is 0 Å². The van der Waals surface area contributed by atoms with Gasteiger partial charge in [-0.25, -0.2) is 0 Å². The van der Waals surface area contributed by atoms with Gasteiger partial charge in [-0.15, -0.1) is 0 Å². The number of carbonyl (C=O) groups excluding carboxylic acids is 1. The van der Waals surface area contributed by atoms with E-state index in [1.54, 1.807) is 0 Å². The fourth-order valence-corrected chi connectivity index (χ4v) is 5.24. The largest absolute Gasteiger partial charge is 0.481 e. The van der Waals surface area contributed by atoms with Crippen LogP contribution in [0.25, 0.3) is 0 Å². The highest BCUT2D eigenvalue weighted by Gasteiger charge is 2.25. The molecule has 5 unspecified atom stereocenters. The summed E-state index contributed by atoms with van der Waals surface area (Å²) in [7, 11) is 0. The average molecular weight is 570 g/mol. The van der Waals surface area contributed by atoms with Crippen LogP contribution in [0.4, 0.5) is 0 Å². The zero-order chi connectivity index (χ0) is 29.9. The van der Waals surface area contributed by atoms with E-state index >= 15 is 0 Å². The van der Waals surface area contributed by atoms with Crippen molar-refractivity contribution in [3.63, 3.8) is 0 Å². The molecule has 0 bridgehead atoms. The van der Waals surface area contributed by atoms with Crippen molar-refractivity contribution in [3.8, 4) is 0 Å². The number of hydrogen-bond acceptors (Lipinski definition) is 3. The van der Waals surface area contributed by atoms with Crippen molar-refractivity contribution >= 4 is 17.8 Å². The van der Waals surface area contributed by atoms with Crippen molar-refractivity contribution < 1.29 is 24.6 Å². The number of aliphatic carboxylic acids is 2. The van der Waals surface area contributed by atoms with E-state index in [0.717, 1.165) is 25.7 Å². The third-order valence-electron chi connectivity index (χ3n) is 7.94. The average Bonchev–Trinajstić information content (AvgIpc) is 2.96. The summed E-state index contributed by atoms with van der Waals surface area (Å²) in [6, 6.07) is 20.3. The van der Waals surface area contributed by atoms with Crippen LogP contribution in [0.5, 0.6) is 0 Å². The number of hydrogen-bond donors (Lipinski definition) is 3. The minimum absolute atomic E-state index is 0. The van der Waals surface area contributed by atoms with Gasteiger partial charge in [0.1, 0.15) is 0 Å². The quantitative estimate of drug-likeness (QED) is 0.177. The first-order valence-electron chi connectivity index (χ1n) is 15.0. The second-order valence-corrected chi connectivity index (χ2v) is 10.6. The summed E-state index contributed by atoms with van der Waals surface area (Å²) in [5, 5.41) is 21.5. The van der Waals surface area contributed by atoms with Crippen LogP contribution in [0.2, 0.25) is 0 Å². The molecule has 0 saturated heterocycles. The van der Waals surface area contributed by atoms with E-state index < -0.39 is 17.9 Å². The molecule has 0 heterocycles. The Bertz CT molecular complexity index is 979. The maximum atomic E-state index is 12.0. The van der Waals surface area contributed by atoms with Crippen LogP contribution in [0.1, 0.15) is 116 Å². The van der Waals surface area contributed by atoms with E-state index in [1.807, 2.05) is 57.2 Å². The van der Waals surface area contributed by atoms with Crippen molar-refractivity contribution in [3.05, 3.63) is 71.8 Å². The van der Waals surface area contributed by atoms with Gasteiger partial charge >= 0.3 is 11.9 Å². The second kappa shape index (κ2) is 21.6. The van der Waals surface area contributed by atoms with Crippen molar-refractivity contribution in [1.29, 1.82) is 0 Å². The van der Waals surface area contributed by atoms with E-state index in [9.17, 15) is 19.5 Å². The third-order valence-corrected chi connectivity index (χ3v) is 7.94. The van der Waals surface area contributed by atoms with Crippen molar-refractivity contribution in [2.45, 2.75) is 105 Å². The summed E-state index contributed by atoms with van der Waals surface area (Å²) in [4.78, 5) is 34.7. The molecule has 230 valence electrons. The van der Waals surface area contributed by atoms with Gasteiger partial charge in [-0.05, 0) is 81.3 Å². The molecule has 6 heteroatoms. The fourth-order valence-electron chi connectivity index (χ4n) is 5.24. The van der Waals surface area contributed by atoms with E-state index in [0.29, 0.717) is 38.1 Å². The first-order valence-corrected chi connectivity index (χ1v) is 15.0. The Labute approximate surface area is 249 Å². The highest BCUT2D eigenvalue weighted by atomic mass is 16.4. The van der Waals surface area contributed by atoms with Gasteiger partial charge in [0.25, 0.3) is 0 Å². The Morgan fingerprint density at radius 2 is 1.00 bits per heavy atom. The fraction of sp³-hybridized carbons (Fsp3) is 0.571. The molecule has 0 aliphatic carbocycles. The summed E-state index contributed by atoms with van der Waals surface area (Å²) in [5.41, 5.74) is 2.45. The minimum atomic E-state index is -0.755. The van der Waals surface area contributed by atoms with Crippen LogP contribution in [-0.4, -0.2) is 34.6 Å². The Morgan fingerprint density at radius 1 is 0.610 bits per heavy atom. The predicted molar refractivity (Wildman–Crippen MR) is 169 cm³/mol. The van der Waals surface area contributed by atoms with Crippen LogP contribution < -0.4 is 5.32 Å². The standard InChI is InChI=1S/C20H31NO3.C14H20O2.CH4/c1-4-15(19(22)21-6-3)12-13-18(20(23)24)14-16(5-2)17-10-8-7-9-11-17;1-3-11(10-12(4-2)14(15)16)13-8-6-5-7-9-13;/h7-11,15-16,18H,4-6,12-14H2,1-3H3,(H,21,22)(H,23,24);5-9,11-12H,3-4,10H2,1-2H3,(H,15,16);1H4. The SMILES string of the molecule is C.CCC(CC(CC)c1ccccc1)C(=O)O.CCNC(=O)C(CC)CCC(CC(CC)c1ccccc1)C(=O)O. The Kier molecular flexibility index (Phi) is 19.9. The minimum Gasteiger partial charge on any atom is -0.481 e. The molecule has 0 aromatic heterocycles. The summed E-state index contributed by atoms with van der Waals surface area (Å²) >= 11 is 0. The molecule has 1 amide bonds. The molecule has 3 N–H and O–H groups in total. The third kappa shape index (κ3) is 13.8. The van der Waals surface area contributed by atoms with E-state index in [2.05, 4.69) is 43.4 Å². The molecule has 41 heavy (non-hydrogen) atoms. The lowest BCUT2D eigenvalue weighted by molar-refractivity contribution is -0.143. The van der Waals surface area contributed by atoms with Gasteiger partial charge in [0, 0.05) is 12.5 Å². The molecule has 0 spiro atoms. The molecule has 0 aliphatic rings. The van der Waals surface area contributed by atoms with Crippen molar-refractivity contribution in [2.24, 2.45) is 17.8 Å². The molecule has 0 saturated carbocycles. The Balaban J connectivity index is 0.000000821. The number of carbonyl (C=O) groups is 3. The number of carboxylic acids is 2. The van der Waals surface area contributed by atoms with Crippen LogP contribution in [-0.2, 0) is 14.4 Å². The number of amides is 1. The first-order chi connectivity index (χ1) is 19.2. The first kappa shape index (κ1) is 37.9. The lowest BCUT2D eigenvalue weighted by Crippen LogP contribution is -2.31. The molecule has 0 fully saturated rings. The number of benzene rings is 2. The second-order valence-electron chi connectivity index (χ2n) is 10.6. The van der Waals surface area contributed by atoms with Gasteiger partial charge in [-0.1, -0.05) is 95.8 Å². The monoisotopic (exact) mass is 569 g/mol. The van der Waals surface area contributed by atoms with Crippen LogP contribution in [0.3, 0.4) is 0 Å². The lowest BCUT2D eigenvalue weighted by atomic mass is 9.83. The van der Waals surface area contributed by atoms with Gasteiger partial charge in [0.2, 0.25) is 5.91 Å². The number of nitrogens with one attached hydrogen (secondary N) is 1. The summed E-state index contributed by atoms with van der Waals surface area (Å²) in [5.74, 6) is -1.49. The highest BCUT2D eigenvalue weighted by Crippen LogP contribution is 2.31. The van der Waals surface area contributed by atoms with Gasteiger partial charge in [0.05, 0.1) is 11.8 Å². The zero-order valence-corrected chi connectivity index (χ0v) is 25.1. The molecule has 6 nitrogen and oxygen atoms in total. The zero-order valence-electron chi connectivity index (χ0n) is 25.1. The molecule has 5 atom stereocenters. The molecule has 0 aliphatic heterocycles. The molecule has 0 radical (unpaired) electrons. The van der Waals surface area contributed by atoms with Crippen LogP contribution in [0, 0.1) is 17.8 Å². The smallest absolute Gasteiger partial charge is 0.306 e. The van der Waals surface area contributed by atoms with E-state index in [-0.39, 0.29) is 31.1 Å². The molecule has 2 aromatic rings. The molecular formula is C35H55NO5. The van der Waals surface area contributed by atoms with Gasteiger partial charge in [-0.2, -0.15) is 0 Å². The summed E-state index contributed by atoms with van der Waals surface area (Å²) in [6.45, 7) is 10.7. The van der Waals surface area contributed by atoms with E-state index in [4.69, 9.17) is 5.11 Å². The predicted octanol–water partition coefficient (Wildman–Crippen LogP) is 8.53.